The van der Waals surface area contributed by atoms with E-state index in [9.17, 15) is 0 Å². The molecule has 0 atom stereocenters. The average molecular weight is 216 g/mol. The van der Waals surface area contributed by atoms with Crippen LogP contribution < -0.4 is 4.74 Å². The average Bonchev–Trinajstić information content (AvgIpc) is 1.95. The molecule has 0 unspecified atom stereocenters. The molecular weight excluding hydrogens is 206 g/mol. The summed E-state index contributed by atoms with van der Waals surface area (Å²) < 4.78 is 6.15. The molecule has 2 nitrogen and oxygen atoms in total. The van der Waals surface area contributed by atoms with Crippen molar-refractivity contribution in [2.75, 3.05) is 6.61 Å². The molecule has 0 saturated carbocycles. The van der Waals surface area contributed by atoms with E-state index in [1.807, 2.05) is 26.0 Å². The molecule has 0 fully saturated rings. The van der Waals surface area contributed by atoms with Gasteiger partial charge in [-0.1, -0.05) is 0 Å². The van der Waals surface area contributed by atoms with Crippen molar-refractivity contribution in [2.24, 2.45) is 0 Å². The number of hydrogen-bond donors (Lipinski definition) is 0. The first-order valence-electron chi connectivity index (χ1n) is 3.50. The van der Waals surface area contributed by atoms with E-state index in [-0.39, 0.29) is 0 Å². The molecule has 0 amide bonds. The minimum absolute atomic E-state index is 0.685. The van der Waals surface area contributed by atoms with Crippen LogP contribution in [-0.4, -0.2) is 11.6 Å². The zero-order valence-electron chi connectivity index (χ0n) is 6.60. The molecule has 0 aliphatic rings. The molecule has 1 rings (SSSR count). The molecule has 1 aromatic heterocycles. The summed E-state index contributed by atoms with van der Waals surface area (Å²) in [6.45, 7) is 4.57. The van der Waals surface area contributed by atoms with Crippen LogP contribution in [-0.2, 0) is 0 Å². The van der Waals surface area contributed by atoms with Crippen LogP contribution in [0.4, 0.5) is 0 Å². The first kappa shape index (κ1) is 8.53. The minimum Gasteiger partial charge on any atom is -0.492 e. The summed E-state index contributed by atoms with van der Waals surface area (Å²) in [6, 6.07) is 3.79. The van der Waals surface area contributed by atoms with E-state index in [0.29, 0.717) is 6.61 Å². The molecule has 1 aromatic rings. The number of hydrogen-bond acceptors (Lipinski definition) is 2. The molecule has 60 valence electrons. The Hall–Kier alpha value is -0.570. The van der Waals surface area contributed by atoms with Gasteiger partial charge in [-0.3, -0.25) is 0 Å². The van der Waals surface area contributed by atoms with Gasteiger partial charge in [0, 0.05) is 0 Å². The fourth-order valence-corrected chi connectivity index (χ4v) is 1.22. The van der Waals surface area contributed by atoms with Gasteiger partial charge in [0.15, 0.2) is 0 Å². The van der Waals surface area contributed by atoms with Gasteiger partial charge in [-0.25, -0.2) is 4.98 Å². The predicted molar refractivity (Wildman–Crippen MR) is 47.8 cm³/mol. The predicted octanol–water partition coefficient (Wildman–Crippen LogP) is 2.55. The van der Waals surface area contributed by atoms with E-state index < -0.39 is 0 Å². The SMILES string of the molecule is CCOc1ccc(Br)nc1C. The van der Waals surface area contributed by atoms with E-state index >= 15 is 0 Å². The number of nitrogens with zero attached hydrogens (tertiary/aromatic N) is 1. The van der Waals surface area contributed by atoms with Gasteiger partial charge in [-0.15, -0.1) is 0 Å². The number of aryl methyl sites for hydroxylation is 1. The van der Waals surface area contributed by atoms with Crippen molar-refractivity contribution in [3.8, 4) is 5.75 Å². The van der Waals surface area contributed by atoms with Gasteiger partial charge in [0.2, 0.25) is 0 Å². The third-order valence-electron chi connectivity index (χ3n) is 1.30. The van der Waals surface area contributed by atoms with Crippen LogP contribution in [0, 0.1) is 6.92 Å². The van der Waals surface area contributed by atoms with Gasteiger partial charge in [0.05, 0.1) is 12.3 Å². The molecule has 0 N–H and O–H groups in total. The molecule has 0 radical (unpaired) electrons. The molecule has 0 aliphatic heterocycles. The van der Waals surface area contributed by atoms with Crippen molar-refractivity contribution in [1.82, 2.24) is 4.98 Å². The van der Waals surface area contributed by atoms with Gasteiger partial charge in [-0.05, 0) is 41.9 Å². The topological polar surface area (TPSA) is 22.1 Å². The van der Waals surface area contributed by atoms with Gasteiger partial charge in [-0.2, -0.15) is 0 Å². The summed E-state index contributed by atoms with van der Waals surface area (Å²) in [5.41, 5.74) is 0.918. The van der Waals surface area contributed by atoms with Crippen LogP contribution in [0.2, 0.25) is 0 Å². The van der Waals surface area contributed by atoms with Crippen molar-refractivity contribution in [2.45, 2.75) is 13.8 Å². The summed E-state index contributed by atoms with van der Waals surface area (Å²) in [5, 5.41) is 0. The normalized spacial score (nSPS) is 9.73. The zero-order valence-corrected chi connectivity index (χ0v) is 8.18. The minimum atomic E-state index is 0.685. The van der Waals surface area contributed by atoms with Crippen LogP contribution in [0.1, 0.15) is 12.6 Å². The molecule has 1 heterocycles. The molecule has 11 heavy (non-hydrogen) atoms. The first-order valence-corrected chi connectivity index (χ1v) is 4.29. The highest BCUT2D eigenvalue weighted by molar-refractivity contribution is 9.10. The van der Waals surface area contributed by atoms with Crippen LogP contribution >= 0.6 is 15.9 Å². The van der Waals surface area contributed by atoms with E-state index in [2.05, 4.69) is 20.9 Å². The molecule has 3 heteroatoms. The molecule has 0 saturated heterocycles. The van der Waals surface area contributed by atoms with Gasteiger partial charge in [0.1, 0.15) is 10.4 Å². The number of halogens is 1. The fourth-order valence-electron chi connectivity index (χ4n) is 0.826. The Morgan fingerprint density at radius 2 is 2.27 bits per heavy atom. The second-order valence-corrected chi connectivity index (χ2v) is 2.96. The Balaban J connectivity index is 2.90. The maximum Gasteiger partial charge on any atom is 0.140 e. The summed E-state index contributed by atoms with van der Waals surface area (Å²) in [7, 11) is 0. The van der Waals surface area contributed by atoms with Crippen molar-refractivity contribution < 1.29 is 4.74 Å². The molecule has 0 spiro atoms. The van der Waals surface area contributed by atoms with E-state index in [1.165, 1.54) is 0 Å². The third kappa shape index (κ3) is 2.19. The Morgan fingerprint density at radius 1 is 1.55 bits per heavy atom. The highest BCUT2D eigenvalue weighted by atomic mass is 79.9. The number of rotatable bonds is 2. The van der Waals surface area contributed by atoms with Crippen molar-refractivity contribution in [3.63, 3.8) is 0 Å². The van der Waals surface area contributed by atoms with E-state index in [0.717, 1.165) is 16.0 Å². The smallest absolute Gasteiger partial charge is 0.140 e. The standard InChI is InChI=1S/C8H10BrNO/c1-3-11-7-4-5-8(9)10-6(7)2/h4-5H,3H2,1-2H3. The zero-order chi connectivity index (χ0) is 8.27. The molecule has 0 aliphatic carbocycles. The van der Waals surface area contributed by atoms with E-state index in [4.69, 9.17) is 4.74 Å². The maximum absolute atomic E-state index is 5.31. The quantitative estimate of drug-likeness (QED) is 0.708. The van der Waals surface area contributed by atoms with Crippen LogP contribution in [0.3, 0.4) is 0 Å². The lowest BCUT2D eigenvalue weighted by atomic mass is 10.3. The molecular formula is C8H10BrNO. The Morgan fingerprint density at radius 3 is 2.82 bits per heavy atom. The maximum atomic E-state index is 5.31. The Bertz CT molecular complexity index is 250. The number of ether oxygens (including phenoxy) is 1. The lowest BCUT2D eigenvalue weighted by Crippen LogP contribution is -1.95. The summed E-state index contributed by atoms with van der Waals surface area (Å²) >= 11 is 3.28. The van der Waals surface area contributed by atoms with Crippen LogP contribution in [0.5, 0.6) is 5.75 Å². The Labute approximate surface area is 74.7 Å². The molecule has 0 bridgehead atoms. The number of pyridine rings is 1. The van der Waals surface area contributed by atoms with Crippen LogP contribution in [0.25, 0.3) is 0 Å². The highest BCUT2D eigenvalue weighted by Crippen LogP contribution is 2.17. The second-order valence-electron chi connectivity index (χ2n) is 2.15. The molecule has 0 aromatic carbocycles. The largest absolute Gasteiger partial charge is 0.492 e. The lowest BCUT2D eigenvalue weighted by Gasteiger charge is -2.04. The third-order valence-corrected chi connectivity index (χ3v) is 1.74. The van der Waals surface area contributed by atoms with Crippen molar-refractivity contribution >= 4 is 15.9 Å². The van der Waals surface area contributed by atoms with Gasteiger partial charge in [0.25, 0.3) is 0 Å². The number of aromatic nitrogens is 1. The van der Waals surface area contributed by atoms with Gasteiger partial charge >= 0.3 is 0 Å². The van der Waals surface area contributed by atoms with Crippen molar-refractivity contribution in [1.29, 1.82) is 0 Å². The summed E-state index contributed by atoms with van der Waals surface area (Å²) in [5.74, 6) is 0.857. The lowest BCUT2D eigenvalue weighted by molar-refractivity contribution is 0.336. The Kier molecular flexibility index (Phi) is 2.88. The highest BCUT2D eigenvalue weighted by Gasteiger charge is 1.98. The van der Waals surface area contributed by atoms with E-state index in [1.54, 1.807) is 0 Å². The van der Waals surface area contributed by atoms with Crippen molar-refractivity contribution in [3.05, 3.63) is 22.4 Å². The fraction of sp³-hybridized carbons (Fsp3) is 0.375. The van der Waals surface area contributed by atoms with Crippen LogP contribution in [0.15, 0.2) is 16.7 Å². The monoisotopic (exact) mass is 215 g/mol. The summed E-state index contributed by atoms with van der Waals surface area (Å²) in [6.07, 6.45) is 0. The first-order chi connectivity index (χ1) is 5.24. The van der Waals surface area contributed by atoms with Gasteiger partial charge < -0.3 is 4.74 Å². The second kappa shape index (κ2) is 3.72. The summed E-state index contributed by atoms with van der Waals surface area (Å²) in [4.78, 5) is 4.18.